The van der Waals surface area contributed by atoms with Crippen molar-refractivity contribution in [3.05, 3.63) is 308 Å². The smallest absolute Gasteiger partial charge is 0.0184 e. The van der Waals surface area contributed by atoms with Crippen LogP contribution >= 0.6 is 0 Å². The summed E-state index contributed by atoms with van der Waals surface area (Å²) >= 11 is 0. The van der Waals surface area contributed by atoms with E-state index < -0.39 is 0 Å². The van der Waals surface area contributed by atoms with Gasteiger partial charge in [-0.2, -0.15) is 37.1 Å². The summed E-state index contributed by atoms with van der Waals surface area (Å²) in [6, 6.07) is 86.2. The van der Waals surface area contributed by atoms with Gasteiger partial charge in [-0.25, -0.2) is 0 Å². The Morgan fingerprint density at radius 2 is 0.475 bits per heavy atom. The van der Waals surface area contributed by atoms with Crippen molar-refractivity contribution in [1.29, 1.82) is 0 Å². The third-order valence-corrected chi connectivity index (χ3v) is 12.7. The molecule has 0 amide bonds. The van der Waals surface area contributed by atoms with Crippen LogP contribution in [0, 0.1) is 71.2 Å². The molecule has 0 nitrogen and oxygen atoms in total. The first-order chi connectivity index (χ1) is 36.3. The predicted octanol–water partition coefficient (Wildman–Crippen LogP) is 22.6. The van der Waals surface area contributed by atoms with Crippen LogP contribution in [-0.2, 0) is 52.4 Å². The molecule has 0 saturated carbocycles. The number of benzene rings is 8. The molecule has 412 valence electrons. The fourth-order valence-corrected chi connectivity index (χ4v) is 9.37. The van der Waals surface area contributed by atoms with Crippen molar-refractivity contribution < 1.29 is 52.4 Å². The summed E-state index contributed by atoms with van der Waals surface area (Å²) in [6.45, 7) is 19.6. The van der Waals surface area contributed by atoms with Gasteiger partial charge < -0.3 is 43.6 Å². The molecule has 0 aliphatic heterocycles. The second-order valence-corrected chi connectivity index (χ2v) is 18.2. The average molecular weight is 1230 g/mol. The molecule has 4 heteroatoms. The van der Waals surface area contributed by atoms with Crippen LogP contribution in [0.3, 0.4) is 0 Å². The van der Waals surface area contributed by atoms with E-state index in [9.17, 15) is 0 Å². The van der Waals surface area contributed by atoms with Gasteiger partial charge >= 0.3 is 0 Å². The first kappa shape index (κ1) is 74.4. The molecular formula is C76H82Si2Zr2-10. The Labute approximate surface area is 530 Å². The number of aryl methyl sites for hydroxylation is 4. The van der Waals surface area contributed by atoms with Crippen molar-refractivity contribution in [3.8, 4) is 44.5 Å². The van der Waals surface area contributed by atoms with Gasteiger partial charge in [-0.1, -0.05) is 221 Å². The van der Waals surface area contributed by atoms with Gasteiger partial charge in [-0.3, -0.25) is 0 Å². The van der Waals surface area contributed by atoms with Crippen molar-refractivity contribution in [2.75, 3.05) is 0 Å². The first-order valence-corrected chi connectivity index (χ1v) is 27.7. The molecule has 6 radical (unpaired) electrons. The zero-order valence-corrected chi connectivity index (χ0v) is 56.3. The molecule has 0 aromatic heterocycles. The summed E-state index contributed by atoms with van der Waals surface area (Å²) in [5.74, 6) is 0. The molecule has 80 heavy (non-hydrogen) atoms. The normalized spacial score (nSPS) is 9.47. The zero-order chi connectivity index (χ0) is 52.7. The van der Waals surface area contributed by atoms with E-state index in [1.54, 1.807) is 13.1 Å². The number of hydrogen-bond donors (Lipinski definition) is 0. The minimum absolute atomic E-state index is 0. The Kier molecular flexibility index (Phi) is 37.0. The Balaban J connectivity index is 0.000000962. The summed E-state index contributed by atoms with van der Waals surface area (Å²) in [4.78, 5) is 0. The Bertz CT molecular complexity index is 3020. The molecule has 0 spiro atoms. The van der Waals surface area contributed by atoms with Gasteiger partial charge in [0, 0.05) is 72.9 Å². The van der Waals surface area contributed by atoms with Crippen LogP contribution in [0.4, 0.5) is 0 Å². The molecule has 0 aliphatic carbocycles. The number of rotatable bonds is 7. The monoisotopic (exact) mass is 1230 g/mol. The van der Waals surface area contributed by atoms with Gasteiger partial charge in [0.2, 0.25) is 0 Å². The molecule has 0 aliphatic rings. The van der Waals surface area contributed by atoms with Crippen molar-refractivity contribution in [2.45, 2.75) is 66.5 Å². The fourth-order valence-electron chi connectivity index (χ4n) is 9.37. The average Bonchev–Trinajstić information content (AvgIpc) is 4.25. The quantitative estimate of drug-likeness (QED) is 0.0848. The van der Waals surface area contributed by atoms with E-state index in [1.807, 2.05) is 0 Å². The molecule has 0 saturated heterocycles. The Morgan fingerprint density at radius 1 is 0.287 bits per heavy atom. The van der Waals surface area contributed by atoms with Gasteiger partial charge in [0.15, 0.2) is 0 Å². The molecule has 0 fully saturated rings. The van der Waals surface area contributed by atoms with Crippen LogP contribution < -0.4 is 0 Å². The summed E-state index contributed by atoms with van der Waals surface area (Å²) in [6.07, 6.45) is 4.61. The number of fused-ring (bicyclic) bond motifs is 4. The molecule has 0 N–H and O–H groups in total. The van der Waals surface area contributed by atoms with Gasteiger partial charge in [-0.05, 0) is 22.3 Å². The Morgan fingerprint density at radius 3 is 0.650 bits per heavy atom. The van der Waals surface area contributed by atoms with Crippen LogP contribution in [0.2, 0.25) is 13.1 Å². The van der Waals surface area contributed by atoms with Crippen LogP contribution in [0.15, 0.2) is 243 Å². The van der Waals surface area contributed by atoms with E-state index >= 15 is 0 Å². The van der Waals surface area contributed by atoms with E-state index in [0.29, 0.717) is 0 Å². The van der Waals surface area contributed by atoms with Gasteiger partial charge in [-0.15, -0.1) is 138 Å². The molecule has 0 bridgehead atoms. The van der Waals surface area contributed by atoms with E-state index in [-0.39, 0.29) is 82.1 Å². The number of unbranched alkanes of at least 4 members (excludes halogenated alkanes) is 3. The second kappa shape index (κ2) is 39.7. The molecule has 12 aromatic carbocycles. The minimum Gasteiger partial charge on any atom is -0.358 e. The molecule has 0 unspecified atom stereocenters. The van der Waals surface area contributed by atoms with E-state index in [0.717, 1.165) is 12.8 Å². The van der Waals surface area contributed by atoms with Crippen LogP contribution in [0.1, 0.15) is 47.9 Å². The molecular weight excluding hydrogens is 1150 g/mol. The standard InChI is InChI=1S/4C16H13.C6H12.2CH3Si.4CH3.2Zr/c4*1-12-10-14-8-5-9-15(16(14)11-12)13-6-3-2-4-7-13;1-3-5-6-4-2;2*1-2;;;;;;/h4*2-11H,1H3;1-6H2;2*1H3;4*1H3;;/q4*-1;-2;;;4*-1;;. The second-order valence-electron chi connectivity index (χ2n) is 18.2. The van der Waals surface area contributed by atoms with Crippen LogP contribution in [0.25, 0.3) is 87.6 Å². The SMILES string of the molecule is C[Si].C[Si].Cc1cc2c(-c3ccccc3)cccc2[cH-]1.Cc1cc2c(-c3ccccc3)cccc2[cH-]1.Cc1cc2c(-c3ccccc3)cccc2[cH-]1.Cc1cc2c(-c3ccccc3)cccc2[cH-]1.[CH2-]CCCC[CH2-].[CH3-].[CH3-].[CH3-].[CH3-].[Zr].[Zr]. The summed E-state index contributed by atoms with van der Waals surface area (Å²) < 4.78 is 0. The fraction of sp³-hybridized carbons (Fsp3) is 0.132. The largest absolute Gasteiger partial charge is 0.358 e. The van der Waals surface area contributed by atoms with Crippen LogP contribution in [0.5, 0.6) is 0 Å². The maximum Gasteiger partial charge on any atom is 0.0184 e. The topological polar surface area (TPSA) is 0 Å². The van der Waals surface area contributed by atoms with Crippen molar-refractivity contribution in [1.82, 2.24) is 0 Å². The van der Waals surface area contributed by atoms with Gasteiger partial charge in [0.1, 0.15) is 0 Å². The van der Waals surface area contributed by atoms with E-state index in [1.165, 1.54) is 123 Å². The molecule has 0 heterocycles. The maximum atomic E-state index is 3.70. The van der Waals surface area contributed by atoms with E-state index in [4.69, 9.17) is 0 Å². The first-order valence-electron chi connectivity index (χ1n) is 25.7. The Hall–Kier alpha value is -5.60. The van der Waals surface area contributed by atoms with E-state index in [2.05, 4.69) is 305 Å². The maximum absolute atomic E-state index is 3.70. The summed E-state index contributed by atoms with van der Waals surface area (Å²) in [7, 11) is 5.94. The summed E-state index contributed by atoms with van der Waals surface area (Å²) in [5.41, 5.74) is 15.8. The predicted molar refractivity (Wildman–Crippen MR) is 357 cm³/mol. The molecule has 12 aromatic rings. The zero-order valence-electron chi connectivity index (χ0n) is 49.3. The van der Waals surface area contributed by atoms with Crippen molar-refractivity contribution in [3.63, 3.8) is 0 Å². The van der Waals surface area contributed by atoms with Crippen molar-refractivity contribution in [2.24, 2.45) is 0 Å². The third kappa shape index (κ3) is 20.7. The third-order valence-electron chi connectivity index (χ3n) is 12.7. The minimum atomic E-state index is 0. The van der Waals surface area contributed by atoms with Gasteiger partial charge in [0.25, 0.3) is 0 Å². The summed E-state index contributed by atoms with van der Waals surface area (Å²) in [5, 5.41) is 10.7. The van der Waals surface area contributed by atoms with Crippen LogP contribution in [-0.4, -0.2) is 20.5 Å². The molecule has 0 atom stereocenters. The molecule has 12 rings (SSSR count). The van der Waals surface area contributed by atoms with Crippen molar-refractivity contribution >= 4 is 63.6 Å². The number of hydrogen-bond acceptors (Lipinski definition) is 0. The van der Waals surface area contributed by atoms with Gasteiger partial charge in [0.05, 0.1) is 0 Å².